The van der Waals surface area contributed by atoms with E-state index in [0.29, 0.717) is 27.0 Å². The van der Waals surface area contributed by atoms with Gasteiger partial charge in [-0.2, -0.15) is 5.26 Å². The highest BCUT2D eigenvalue weighted by atomic mass is 32.1. The van der Waals surface area contributed by atoms with E-state index in [4.69, 9.17) is 21.4 Å². The van der Waals surface area contributed by atoms with E-state index in [-0.39, 0.29) is 17.3 Å². The predicted molar refractivity (Wildman–Crippen MR) is 127 cm³/mol. The lowest BCUT2D eigenvalue weighted by atomic mass is 10.2. The van der Waals surface area contributed by atoms with Crippen LogP contribution in [0, 0.1) is 18.3 Å². The normalized spacial score (nSPS) is 10.5. The van der Waals surface area contributed by atoms with Crippen molar-refractivity contribution in [1.29, 1.82) is 5.26 Å². The van der Waals surface area contributed by atoms with Gasteiger partial charge in [-0.25, -0.2) is 4.79 Å². The number of nitrogens with zero attached hydrogens (tertiary/aromatic N) is 1. The van der Waals surface area contributed by atoms with E-state index in [1.165, 1.54) is 12.2 Å². The van der Waals surface area contributed by atoms with E-state index >= 15 is 0 Å². The first kappa shape index (κ1) is 22.9. The summed E-state index contributed by atoms with van der Waals surface area (Å²) in [5, 5.41) is 15.1. The van der Waals surface area contributed by atoms with Crippen molar-refractivity contribution in [3.05, 3.63) is 70.3 Å². The second-order valence-corrected chi connectivity index (χ2v) is 7.87. The second-order valence-electron chi connectivity index (χ2n) is 6.44. The van der Waals surface area contributed by atoms with Crippen LogP contribution in [0.15, 0.2) is 53.0 Å². The first-order chi connectivity index (χ1) is 15.4. The molecule has 0 spiro atoms. The zero-order chi connectivity index (χ0) is 23.1. The van der Waals surface area contributed by atoms with Gasteiger partial charge in [0.25, 0.3) is 0 Å². The summed E-state index contributed by atoms with van der Waals surface area (Å²) in [6, 6.07) is 15.2. The van der Waals surface area contributed by atoms with Gasteiger partial charge in [-0.1, -0.05) is 30.3 Å². The van der Waals surface area contributed by atoms with Crippen molar-refractivity contribution in [2.24, 2.45) is 0 Å². The molecule has 32 heavy (non-hydrogen) atoms. The minimum atomic E-state index is -0.509. The molecule has 1 amide bonds. The highest BCUT2D eigenvalue weighted by molar-refractivity contribution is 7.80. The van der Waals surface area contributed by atoms with Crippen LogP contribution in [0.5, 0.6) is 0 Å². The Hall–Kier alpha value is -3.74. The van der Waals surface area contributed by atoms with Crippen LogP contribution in [0.3, 0.4) is 0 Å². The molecule has 0 saturated carbocycles. The van der Waals surface area contributed by atoms with Crippen molar-refractivity contribution >= 4 is 51.6 Å². The van der Waals surface area contributed by atoms with Crippen molar-refractivity contribution in [3.8, 4) is 17.4 Å². The number of nitrogens with one attached hydrogen (secondary N) is 2. The maximum absolute atomic E-state index is 12.2. The maximum atomic E-state index is 12.2. The van der Waals surface area contributed by atoms with Crippen molar-refractivity contribution in [1.82, 2.24) is 5.32 Å². The molecule has 0 aliphatic heterocycles. The molecule has 0 fully saturated rings. The number of hydrogen-bond donors (Lipinski definition) is 2. The Kier molecular flexibility index (Phi) is 7.54. The zero-order valence-electron chi connectivity index (χ0n) is 17.3. The number of ether oxygens (including phenoxy) is 1. The lowest BCUT2D eigenvalue weighted by Gasteiger charge is -2.06. The van der Waals surface area contributed by atoms with E-state index < -0.39 is 11.9 Å². The SMILES string of the molecule is CCOC(=O)c1sc(NC(=S)NC(=O)/C=C/c2ccc(-c3ccccc3)o2)c(C#N)c1C. The Labute approximate surface area is 194 Å². The van der Waals surface area contributed by atoms with Crippen LogP contribution < -0.4 is 10.6 Å². The minimum Gasteiger partial charge on any atom is -0.462 e. The molecule has 2 aromatic heterocycles. The third-order valence-electron chi connectivity index (χ3n) is 4.27. The third-order valence-corrected chi connectivity index (χ3v) is 5.66. The average Bonchev–Trinajstić information content (AvgIpc) is 3.37. The zero-order valence-corrected chi connectivity index (χ0v) is 18.9. The van der Waals surface area contributed by atoms with Crippen molar-refractivity contribution in [2.75, 3.05) is 11.9 Å². The van der Waals surface area contributed by atoms with E-state index in [1.807, 2.05) is 42.5 Å². The van der Waals surface area contributed by atoms with Crippen LogP contribution in [0.4, 0.5) is 5.00 Å². The molecule has 1 aromatic carbocycles. The molecule has 162 valence electrons. The molecule has 0 aliphatic carbocycles. The number of benzene rings is 1. The number of thiophene rings is 1. The number of esters is 1. The predicted octanol–water partition coefficient (Wildman–Crippen LogP) is 4.89. The summed E-state index contributed by atoms with van der Waals surface area (Å²) in [4.78, 5) is 24.6. The third kappa shape index (κ3) is 5.49. The van der Waals surface area contributed by atoms with Crippen molar-refractivity contribution in [3.63, 3.8) is 0 Å². The summed E-state index contributed by atoms with van der Waals surface area (Å²) in [6.07, 6.45) is 2.82. The summed E-state index contributed by atoms with van der Waals surface area (Å²) >= 11 is 6.21. The first-order valence-electron chi connectivity index (χ1n) is 9.58. The molecule has 0 bridgehead atoms. The van der Waals surface area contributed by atoms with Crippen molar-refractivity contribution in [2.45, 2.75) is 13.8 Å². The van der Waals surface area contributed by atoms with E-state index in [9.17, 15) is 14.9 Å². The monoisotopic (exact) mass is 465 g/mol. The fraction of sp³-hybridized carbons (Fsp3) is 0.130. The van der Waals surface area contributed by atoms with Crippen LogP contribution in [-0.4, -0.2) is 23.6 Å². The van der Waals surface area contributed by atoms with Crippen LogP contribution in [-0.2, 0) is 9.53 Å². The van der Waals surface area contributed by atoms with Gasteiger partial charge in [-0.3, -0.25) is 10.1 Å². The standard InChI is InChI=1S/C23H19N3O4S2/c1-3-29-22(28)20-14(2)17(13-24)21(32-20)26-23(31)25-19(27)12-10-16-9-11-18(30-16)15-7-5-4-6-8-15/h4-12H,3H2,1-2H3,(H2,25,26,27,31)/b12-10+. The van der Waals surface area contributed by atoms with Crippen LogP contribution in [0.2, 0.25) is 0 Å². The number of thiocarbonyl (C=S) groups is 1. The molecular weight excluding hydrogens is 446 g/mol. The molecule has 0 saturated heterocycles. The number of nitriles is 1. The quantitative estimate of drug-likeness (QED) is 0.303. The average molecular weight is 466 g/mol. The number of anilines is 1. The van der Waals surface area contributed by atoms with Gasteiger partial charge < -0.3 is 14.5 Å². The van der Waals surface area contributed by atoms with Gasteiger partial charge in [0.1, 0.15) is 27.5 Å². The van der Waals surface area contributed by atoms with Gasteiger partial charge in [0, 0.05) is 11.6 Å². The fourth-order valence-electron chi connectivity index (χ4n) is 2.77. The van der Waals surface area contributed by atoms with Gasteiger partial charge in [0.15, 0.2) is 5.11 Å². The first-order valence-corrected chi connectivity index (χ1v) is 10.8. The van der Waals surface area contributed by atoms with E-state index in [2.05, 4.69) is 10.6 Å². The summed E-state index contributed by atoms with van der Waals surface area (Å²) in [6.45, 7) is 3.59. The number of furan rings is 1. The van der Waals surface area contributed by atoms with E-state index in [0.717, 1.165) is 16.9 Å². The topological polar surface area (TPSA) is 104 Å². The number of rotatable bonds is 6. The highest BCUT2D eigenvalue weighted by Crippen LogP contribution is 2.33. The van der Waals surface area contributed by atoms with Gasteiger partial charge in [0.2, 0.25) is 5.91 Å². The van der Waals surface area contributed by atoms with Gasteiger partial charge in [0.05, 0.1) is 12.2 Å². The Morgan fingerprint density at radius 3 is 2.69 bits per heavy atom. The molecule has 7 nitrogen and oxygen atoms in total. The minimum absolute atomic E-state index is 0.00257. The molecule has 0 unspecified atom stereocenters. The van der Waals surface area contributed by atoms with Crippen LogP contribution >= 0.6 is 23.6 Å². The molecule has 0 aliphatic rings. The second kappa shape index (κ2) is 10.5. The van der Waals surface area contributed by atoms with Crippen LogP contribution in [0.1, 0.15) is 33.5 Å². The summed E-state index contributed by atoms with van der Waals surface area (Å²) in [5.41, 5.74) is 1.71. The molecule has 9 heteroatoms. The Bertz CT molecular complexity index is 1220. The lowest BCUT2D eigenvalue weighted by Crippen LogP contribution is -2.32. The molecule has 2 N–H and O–H groups in total. The maximum Gasteiger partial charge on any atom is 0.348 e. The Morgan fingerprint density at radius 2 is 2.00 bits per heavy atom. The van der Waals surface area contributed by atoms with Gasteiger partial charge >= 0.3 is 5.97 Å². The molecule has 3 aromatic rings. The smallest absolute Gasteiger partial charge is 0.348 e. The van der Waals surface area contributed by atoms with Crippen molar-refractivity contribution < 1.29 is 18.7 Å². The molecular formula is C23H19N3O4S2. The lowest BCUT2D eigenvalue weighted by molar-refractivity contribution is -0.115. The largest absolute Gasteiger partial charge is 0.462 e. The summed E-state index contributed by atoms with van der Waals surface area (Å²) < 4.78 is 10.7. The Morgan fingerprint density at radius 1 is 1.25 bits per heavy atom. The molecule has 0 atom stereocenters. The fourth-order valence-corrected chi connectivity index (χ4v) is 4.10. The van der Waals surface area contributed by atoms with Gasteiger partial charge in [-0.05, 0) is 49.8 Å². The number of carbonyl (C=O) groups is 2. The van der Waals surface area contributed by atoms with E-state index in [1.54, 1.807) is 19.9 Å². The number of carbonyl (C=O) groups excluding carboxylic acids is 2. The molecule has 3 rings (SSSR count). The molecule has 2 heterocycles. The highest BCUT2D eigenvalue weighted by Gasteiger charge is 2.21. The molecule has 0 radical (unpaired) electrons. The number of hydrogen-bond acceptors (Lipinski definition) is 7. The number of amides is 1. The Balaban J connectivity index is 1.63. The van der Waals surface area contributed by atoms with Gasteiger partial charge in [-0.15, -0.1) is 11.3 Å². The van der Waals surface area contributed by atoms with Crippen LogP contribution in [0.25, 0.3) is 17.4 Å². The summed E-state index contributed by atoms with van der Waals surface area (Å²) in [7, 11) is 0. The summed E-state index contributed by atoms with van der Waals surface area (Å²) in [5.74, 6) is 0.221.